The molecule has 2 aromatic rings. The molecule has 4 heteroatoms. The number of aromatic nitrogens is 2. The van der Waals surface area contributed by atoms with E-state index in [4.69, 9.17) is 5.84 Å². The van der Waals surface area contributed by atoms with Crippen molar-refractivity contribution in [3.05, 3.63) is 23.8 Å². The number of nitrogens with two attached hydrogens (primary N) is 1. The Kier molecular flexibility index (Phi) is 2.37. The van der Waals surface area contributed by atoms with Crippen LogP contribution in [0.1, 0.15) is 19.4 Å². The second-order valence-electron chi connectivity index (χ2n) is 3.89. The Balaban J connectivity index is 2.40. The molecule has 14 heavy (non-hydrogen) atoms. The lowest BCUT2D eigenvalue weighted by atomic mass is 10.0. The molecule has 74 valence electrons. The predicted octanol–water partition coefficient (Wildman–Crippen LogP) is 1.50. The average molecular weight is 208 g/mol. The maximum Gasteiger partial charge on any atom is 0.206 e. The average Bonchev–Trinajstić information content (AvgIpc) is 2.42. The summed E-state index contributed by atoms with van der Waals surface area (Å²) in [5.41, 5.74) is 2.33. The third-order valence-electron chi connectivity index (χ3n) is 2.07. The van der Waals surface area contributed by atoms with Crippen LogP contribution in [0.4, 0.5) is 0 Å². The minimum absolute atomic E-state index is 0.686. The van der Waals surface area contributed by atoms with Gasteiger partial charge in [0, 0.05) is 5.10 Å². The minimum atomic E-state index is 0.686. The van der Waals surface area contributed by atoms with Crippen molar-refractivity contribution in [1.82, 2.24) is 5.10 Å². The van der Waals surface area contributed by atoms with Gasteiger partial charge in [-0.15, -0.1) is 0 Å². The van der Waals surface area contributed by atoms with Gasteiger partial charge in [0.25, 0.3) is 0 Å². The lowest BCUT2D eigenvalue weighted by Gasteiger charge is -2.02. The number of nitrogen functional groups attached to an aromatic ring is 1. The molecule has 0 bridgehead atoms. The molecule has 2 rings (SSSR count). The summed E-state index contributed by atoms with van der Waals surface area (Å²) >= 11 is 1.48. The standard InChI is InChI=1S/C10H14N3S/c1-7(2)5-8-3-4-9-10(6-8)14-13(11)12-9/h3-4,6-7H,5H2,1-2H3,(H2,11,12)/q+1. The van der Waals surface area contributed by atoms with Crippen molar-refractivity contribution in [2.45, 2.75) is 20.3 Å². The molecule has 0 radical (unpaired) electrons. The zero-order valence-corrected chi connectivity index (χ0v) is 9.21. The molecular formula is C10H14N3S+. The molecular weight excluding hydrogens is 194 g/mol. The highest BCUT2D eigenvalue weighted by atomic mass is 32.1. The van der Waals surface area contributed by atoms with Crippen LogP contribution in [-0.4, -0.2) is 5.10 Å². The Hall–Kier alpha value is -1.16. The molecule has 0 fully saturated rings. The Labute approximate surface area is 87.3 Å². The van der Waals surface area contributed by atoms with E-state index in [2.05, 4.69) is 31.1 Å². The molecule has 1 aromatic heterocycles. The smallest absolute Gasteiger partial charge is 0.167 e. The van der Waals surface area contributed by atoms with E-state index in [1.165, 1.54) is 21.3 Å². The molecule has 0 unspecified atom stereocenters. The lowest BCUT2D eigenvalue weighted by Crippen LogP contribution is -2.42. The number of nitrogens with zero attached hydrogens (tertiary/aromatic N) is 2. The van der Waals surface area contributed by atoms with Gasteiger partial charge in [0.2, 0.25) is 11.5 Å². The Morgan fingerprint density at radius 2 is 2.29 bits per heavy atom. The maximum atomic E-state index is 5.57. The minimum Gasteiger partial charge on any atom is -0.167 e. The third-order valence-corrected chi connectivity index (χ3v) is 2.86. The second kappa shape index (κ2) is 3.53. The van der Waals surface area contributed by atoms with Crippen LogP contribution in [0.15, 0.2) is 18.2 Å². The summed E-state index contributed by atoms with van der Waals surface area (Å²) in [7, 11) is 0. The first-order valence-corrected chi connectivity index (χ1v) is 5.50. The normalized spacial score (nSPS) is 11.4. The molecule has 0 aliphatic rings. The van der Waals surface area contributed by atoms with Crippen LogP contribution in [0.3, 0.4) is 0 Å². The zero-order chi connectivity index (χ0) is 10.1. The van der Waals surface area contributed by atoms with Crippen LogP contribution >= 0.6 is 11.5 Å². The molecule has 0 spiro atoms. The molecule has 0 atom stereocenters. The van der Waals surface area contributed by atoms with Crippen LogP contribution < -0.4 is 10.0 Å². The van der Waals surface area contributed by atoms with Crippen LogP contribution in [0, 0.1) is 5.92 Å². The maximum absolute atomic E-state index is 5.57. The van der Waals surface area contributed by atoms with Crippen molar-refractivity contribution >= 4 is 21.7 Å². The summed E-state index contributed by atoms with van der Waals surface area (Å²) < 4.78 is 2.56. The van der Waals surface area contributed by atoms with Crippen molar-refractivity contribution < 1.29 is 4.18 Å². The predicted molar refractivity (Wildman–Crippen MR) is 58.5 cm³/mol. The number of hydrogen-bond acceptors (Lipinski definition) is 3. The van der Waals surface area contributed by atoms with Crippen molar-refractivity contribution in [3.63, 3.8) is 0 Å². The first-order chi connectivity index (χ1) is 6.65. The summed E-state index contributed by atoms with van der Waals surface area (Å²) in [5.74, 6) is 6.25. The van der Waals surface area contributed by atoms with Gasteiger partial charge in [0.1, 0.15) is 4.70 Å². The largest absolute Gasteiger partial charge is 0.206 e. The molecule has 0 aliphatic heterocycles. The SMILES string of the molecule is CC(C)Cc1ccc2n[n+](N)sc2c1. The van der Waals surface area contributed by atoms with Crippen LogP contribution in [0.25, 0.3) is 10.2 Å². The summed E-state index contributed by atoms with van der Waals surface area (Å²) in [6.07, 6.45) is 1.11. The monoisotopic (exact) mass is 208 g/mol. The summed E-state index contributed by atoms with van der Waals surface area (Å²) in [4.78, 5) is 0. The third kappa shape index (κ3) is 1.85. The Morgan fingerprint density at radius 1 is 1.50 bits per heavy atom. The zero-order valence-electron chi connectivity index (χ0n) is 8.40. The number of benzene rings is 1. The molecule has 0 saturated heterocycles. The molecule has 0 amide bonds. The number of rotatable bonds is 2. The van der Waals surface area contributed by atoms with Gasteiger partial charge >= 0.3 is 0 Å². The fraction of sp³-hybridized carbons (Fsp3) is 0.400. The molecule has 3 nitrogen and oxygen atoms in total. The molecule has 1 aromatic carbocycles. The quantitative estimate of drug-likeness (QED) is 0.600. The van der Waals surface area contributed by atoms with Crippen molar-refractivity contribution in [2.75, 3.05) is 5.84 Å². The van der Waals surface area contributed by atoms with Gasteiger partial charge < -0.3 is 0 Å². The van der Waals surface area contributed by atoms with Gasteiger partial charge in [-0.05, 0) is 30.0 Å². The van der Waals surface area contributed by atoms with E-state index in [-0.39, 0.29) is 0 Å². The molecule has 2 N–H and O–H groups in total. The Bertz CT molecular complexity index is 448. The van der Waals surface area contributed by atoms with Crippen LogP contribution in [0.2, 0.25) is 0 Å². The van der Waals surface area contributed by atoms with E-state index in [0.717, 1.165) is 16.6 Å². The van der Waals surface area contributed by atoms with E-state index < -0.39 is 0 Å². The van der Waals surface area contributed by atoms with Gasteiger partial charge in [-0.1, -0.05) is 19.9 Å². The van der Waals surface area contributed by atoms with E-state index in [0.29, 0.717) is 5.92 Å². The summed E-state index contributed by atoms with van der Waals surface area (Å²) in [6.45, 7) is 4.44. The van der Waals surface area contributed by atoms with Crippen molar-refractivity contribution in [2.24, 2.45) is 5.92 Å². The first-order valence-electron chi connectivity index (χ1n) is 4.72. The van der Waals surface area contributed by atoms with Crippen LogP contribution in [0.5, 0.6) is 0 Å². The van der Waals surface area contributed by atoms with Gasteiger partial charge in [0.15, 0.2) is 5.52 Å². The first kappa shape index (κ1) is 9.40. The lowest BCUT2D eigenvalue weighted by molar-refractivity contribution is -0.628. The van der Waals surface area contributed by atoms with E-state index in [1.807, 2.05) is 6.07 Å². The number of hydrogen-bond donors (Lipinski definition) is 1. The van der Waals surface area contributed by atoms with Gasteiger partial charge in [0.05, 0.1) is 4.18 Å². The fourth-order valence-corrected chi connectivity index (χ4v) is 2.28. The highest BCUT2D eigenvalue weighted by Crippen LogP contribution is 2.17. The highest BCUT2D eigenvalue weighted by Gasteiger charge is 2.09. The second-order valence-corrected chi connectivity index (χ2v) is 4.89. The van der Waals surface area contributed by atoms with E-state index in [9.17, 15) is 0 Å². The van der Waals surface area contributed by atoms with E-state index >= 15 is 0 Å². The highest BCUT2D eigenvalue weighted by molar-refractivity contribution is 7.09. The van der Waals surface area contributed by atoms with Crippen molar-refractivity contribution in [3.8, 4) is 0 Å². The topological polar surface area (TPSA) is 42.8 Å². The summed E-state index contributed by atoms with van der Waals surface area (Å²) in [5, 5.41) is 4.15. The molecule has 0 aliphatic carbocycles. The van der Waals surface area contributed by atoms with Gasteiger partial charge in [-0.3, -0.25) is 0 Å². The number of fused-ring (bicyclic) bond motifs is 1. The van der Waals surface area contributed by atoms with E-state index in [1.54, 1.807) is 0 Å². The van der Waals surface area contributed by atoms with Crippen LogP contribution in [-0.2, 0) is 6.42 Å². The fourth-order valence-electron chi connectivity index (χ4n) is 1.54. The van der Waals surface area contributed by atoms with Gasteiger partial charge in [-0.25, -0.2) is 0 Å². The molecule has 0 saturated carbocycles. The molecule has 1 heterocycles. The van der Waals surface area contributed by atoms with Gasteiger partial charge in [-0.2, -0.15) is 5.84 Å². The van der Waals surface area contributed by atoms with Crippen molar-refractivity contribution in [1.29, 1.82) is 0 Å². The summed E-state index contributed by atoms with van der Waals surface area (Å²) in [6, 6.07) is 6.34. The Morgan fingerprint density at radius 3 is 3.00 bits per heavy atom.